The van der Waals surface area contributed by atoms with Crippen LogP contribution in [0.4, 0.5) is 10.8 Å². The van der Waals surface area contributed by atoms with Gasteiger partial charge in [0.15, 0.2) is 5.58 Å². The molecule has 1 N–H and O–H groups in total. The number of halogens is 1. The van der Waals surface area contributed by atoms with Crippen molar-refractivity contribution in [3.8, 4) is 0 Å². The van der Waals surface area contributed by atoms with E-state index in [1.807, 2.05) is 30.3 Å². The average Bonchev–Trinajstić information content (AvgIpc) is 2.90. The molecule has 0 saturated carbocycles. The number of oxazole rings is 1. The van der Waals surface area contributed by atoms with Gasteiger partial charge in [0.05, 0.1) is 4.47 Å². The van der Waals surface area contributed by atoms with E-state index in [2.05, 4.69) is 31.2 Å². The third-order valence-corrected chi connectivity index (χ3v) is 3.29. The SMILES string of the molecule is O=C(Nc1nc2nccc(Br)c2o1)OCc1ccccc1. The van der Waals surface area contributed by atoms with Crippen molar-refractivity contribution in [1.29, 1.82) is 0 Å². The molecule has 0 radical (unpaired) electrons. The summed E-state index contributed by atoms with van der Waals surface area (Å²) in [5.74, 6) is 0. The van der Waals surface area contributed by atoms with Gasteiger partial charge in [-0.05, 0) is 27.6 Å². The number of fused-ring (bicyclic) bond motifs is 1. The fraction of sp³-hybridized carbons (Fsp3) is 0.0714. The molecule has 0 aliphatic heterocycles. The van der Waals surface area contributed by atoms with E-state index in [-0.39, 0.29) is 12.6 Å². The van der Waals surface area contributed by atoms with Crippen LogP contribution in [-0.4, -0.2) is 16.1 Å². The second kappa shape index (κ2) is 5.92. The van der Waals surface area contributed by atoms with Crippen molar-refractivity contribution in [2.75, 3.05) is 5.32 Å². The van der Waals surface area contributed by atoms with E-state index in [0.29, 0.717) is 15.7 Å². The largest absolute Gasteiger partial charge is 0.444 e. The average molecular weight is 348 g/mol. The van der Waals surface area contributed by atoms with Gasteiger partial charge in [-0.3, -0.25) is 0 Å². The number of carbonyl (C=O) groups is 1. The van der Waals surface area contributed by atoms with Gasteiger partial charge in [0.25, 0.3) is 0 Å². The van der Waals surface area contributed by atoms with Crippen LogP contribution in [-0.2, 0) is 11.3 Å². The number of pyridine rings is 1. The molecule has 0 aliphatic carbocycles. The first-order valence-electron chi connectivity index (χ1n) is 6.11. The first kappa shape index (κ1) is 13.6. The molecule has 0 bridgehead atoms. The molecule has 2 aromatic heterocycles. The molecule has 3 aromatic rings. The van der Waals surface area contributed by atoms with Gasteiger partial charge in [-0.25, -0.2) is 15.1 Å². The minimum absolute atomic E-state index is 0.0439. The summed E-state index contributed by atoms with van der Waals surface area (Å²) in [4.78, 5) is 19.8. The number of benzene rings is 1. The summed E-state index contributed by atoms with van der Waals surface area (Å²) < 4.78 is 11.2. The van der Waals surface area contributed by atoms with Crippen molar-refractivity contribution in [2.24, 2.45) is 0 Å². The number of ether oxygens (including phenoxy) is 1. The molecule has 7 heteroatoms. The second-order valence-corrected chi connectivity index (χ2v) is 5.01. The normalized spacial score (nSPS) is 10.5. The second-order valence-electron chi connectivity index (χ2n) is 4.15. The lowest BCUT2D eigenvalue weighted by molar-refractivity contribution is 0.154. The fourth-order valence-electron chi connectivity index (χ4n) is 1.70. The lowest BCUT2D eigenvalue weighted by atomic mass is 10.2. The number of anilines is 1. The van der Waals surface area contributed by atoms with E-state index in [1.165, 1.54) is 0 Å². The van der Waals surface area contributed by atoms with Crippen LogP contribution in [0.15, 0.2) is 51.5 Å². The van der Waals surface area contributed by atoms with Gasteiger partial charge in [-0.2, -0.15) is 4.98 Å². The van der Waals surface area contributed by atoms with Crippen LogP contribution in [0.25, 0.3) is 11.2 Å². The highest BCUT2D eigenvalue weighted by Crippen LogP contribution is 2.24. The Hall–Kier alpha value is -2.41. The summed E-state index contributed by atoms with van der Waals surface area (Å²) >= 11 is 3.32. The summed E-state index contributed by atoms with van der Waals surface area (Å²) in [5.41, 5.74) is 1.77. The standard InChI is InChI=1S/C14H10BrN3O3/c15-10-6-7-16-12-11(10)21-13(17-12)18-14(19)20-8-9-4-2-1-3-5-9/h1-7H,8H2,(H,16,17,18,19). The van der Waals surface area contributed by atoms with Gasteiger partial charge < -0.3 is 9.15 Å². The van der Waals surface area contributed by atoms with Crippen LogP contribution < -0.4 is 5.32 Å². The van der Waals surface area contributed by atoms with Gasteiger partial charge in [0.1, 0.15) is 6.61 Å². The zero-order valence-corrected chi connectivity index (χ0v) is 12.3. The molecule has 2 heterocycles. The van der Waals surface area contributed by atoms with E-state index in [9.17, 15) is 4.79 Å². The highest BCUT2D eigenvalue weighted by molar-refractivity contribution is 9.10. The molecule has 1 amide bonds. The van der Waals surface area contributed by atoms with Crippen LogP contribution in [0.3, 0.4) is 0 Å². The van der Waals surface area contributed by atoms with Crippen LogP contribution >= 0.6 is 15.9 Å². The van der Waals surface area contributed by atoms with Gasteiger partial charge in [0, 0.05) is 6.20 Å². The Balaban J connectivity index is 1.65. The molecule has 106 valence electrons. The third-order valence-electron chi connectivity index (χ3n) is 2.67. The van der Waals surface area contributed by atoms with Crippen LogP contribution in [0.2, 0.25) is 0 Å². The molecule has 1 aromatic carbocycles. The first-order valence-corrected chi connectivity index (χ1v) is 6.90. The lowest BCUT2D eigenvalue weighted by Crippen LogP contribution is -2.13. The Kier molecular flexibility index (Phi) is 3.83. The maximum absolute atomic E-state index is 11.7. The Morgan fingerprint density at radius 3 is 2.86 bits per heavy atom. The van der Waals surface area contributed by atoms with Crippen molar-refractivity contribution < 1.29 is 13.9 Å². The topological polar surface area (TPSA) is 77.3 Å². The van der Waals surface area contributed by atoms with Crippen LogP contribution in [0, 0.1) is 0 Å². The predicted molar refractivity (Wildman–Crippen MR) is 79.8 cm³/mol. The van der Waals surface area contributed by atoms with Crippen molar-refractivity contribution in [1.82, 2.24) is 9.97 Å². The minimum atomic E-state index is -0.637. The summed E-state index contributed by atoms with van der Waals surface area (Å²) in [5, 5.41) is 2.43. The molecule has 0 aliphatic rings. The van der Waals surface area contributed by atoms with Crippen molar-refractivity contribution >= 4 is 39.3 Å². The van der Waals surface area contributed by atoms with Gasteiger partial charge in [-0.15, -0.1) is 0 Å². The number of carbonyl (C=O) groups excluding carboxylic acids is 1. The van der Waals surface area contributed by atoms with E-state index in [0.717, 1.165) is 5.56 Å². The van der Waals surface area contributed by atoms with E-state index < -0.39 is 6.09 Å². The van der Waals surface area contributed by atoms with Gasteiger partial charge >= 0.3 is 12.1 Å². The van der Waals surface area contributed by atoms with Crippen molar-refractivity contribution in [2.45, 2.75) is 6.61 Å². The third kappa shape index (κ3) is 3.19. The zero-order valence-electron chi connectivity index (χ0n) is 10.7. The molecule has 0 atom stereocenters. The quantitative estimate of drug-likeness (QED) is 0.780. The van der Waals surface area contributed by atoms with Gasteiger partial charge in [-0.1, -0.05) is 30.3 Å². The Morgan fingerprint density at radius 1 is 1.29 bits per heavy atom. The first-order chi connectivity index (χ1) is 10.2. The number of rotatable bonds is 3. The highest BCUT2D eigenvalue weighted by atomic mass is 79.9. The van der Waals surface area contributed by atoms with Crippen molar-refractivity contribution in [3.05, 3.63) is 52.6 Å². The molecule has 21 heavy (non-hydrogen) atoms. The highest BCUT2D eigenvalue weighted by Gasteiger charge is 2.12. The Bertz CT molecular complexity index is 773. The Morgan fingerprint density at radius 2 is 2.10 bits per heavy atom. The number of hydrogen-bond donors (Lipinski definition) is 1. The molecule has 0 saturated heterocycles. The number of nitrogens with one attached hydrogen (secondary N) is 1. The summed E-state index contributed by atoms with van der Waals surface area (Å²) in [7, 11) is 0. The van der Waals surface area contributed by atoms with E-state index >= 15 is 0 Å². The van der Waals surface area contributed by atoms with Crippen molar-refractivity contribution in [3.63, 3.8) is 0 Å². The maximum Gasteiger partial charge on any atom is 0.415 e. The van der Waals surface area contributed by atoms with E-state index in [1.54, 1.807) is 12.3 Å². The van der Waals surface area contributed by atoms with E-state index in [4.69, 9.17) is 9.15 Å². The van der Waals surface area contributed by atoms with Crippen LogP contribution in [0.5, 0.6) is 0 Å². The van der Waals surface area contributed by atoms with Crippen LogP contribution in [0.1, 0.15) is 5.56 Å². The summed E-state index contributed by atoms with van der Waals surface area (Å²) in [6, 6.07) is 11.2. The van der Waals surface area contributed by atoms with Gasteiger partial charge in [0.2, 0.25) is 5.65 Å². The lowest BCUT2D eigenvalue weighted by Gasteiger charge is -2.03. The number of nitrogens with zero attached hydrogens (tertiary/aromatic N) is 2. The maximum atomic E-state index is 11.7. The monoisotopic (exact) mass is 347 g/mol. The predicted octanol–water partition coefficient (Wildman–Crippen LogP) is 3.73. The molecular weight excluding hydrogens is 338 g/mol. The summed E-state index contributed by atoms with van der Waals surface area (Å²) in [6.45, 7) is 0.175. The summed E-state index contributed by atoms with van der Waals surface area (Å²) in [6.07, 6.45) is 0.952. The minimum Gasteiger partial charge on any atom is -0.444 e. The zero-order chi connectivity index (χ0) is 14.7. The molecule has 0 unspecified atom stereocenters. The smallest absolute Gasteiger partial charge is 0.415 e. The molecular formula is C14H10BrN3O3. The molecule has 6 nitrogen and oxygen atoms in total. The Labute approximate surface area is 128 Å². The fourth-order valence-corrected chi connectivity index (χ4v) is 2.08. The molecule has 3 rings (SSSR count). The molecule has 0 spiro atoms. The molecule has 0 fully saturated rings. The number of aromatic nitrogens is 2. The number of amides is 1. The number of hydrogen-bond acceptors (Lipinski definition) is 5.